The third kappa shape index (κ3) is 3.70. The molecule has 0 atom stereocenters. The first-order chi connectivity index (χ1) is 11.5. The number of benzene rings is 2. The summed E-state index contributed by atoms with van der Waals surface area (Å²) in [5.74, 6) is -0.676. The lowest BCUT2D eigenvalue weighted by Gasteiger charge is -2.07. The molecular formula is C20H20FNO2. The normalized spacial score (nSPS) is 12.8. The summed E-state index contributed by atoms with van der Waals surface area (Å²) in [6.45, 7) is 1.66. The van der Waals surface area contributed by atoms with Crippen LogP contribution in [0.1, 0.15) is 46.3 Å². The molecule has 1 aliphatic carbocycles. The van der Waals surface area contributed by atoms with Gasteiger partial charge in [-0.15, -0.1) is 0 Å². The number of fused-ring (bicyclic) bond motifs is 1. The second kappa shape index (κ2) is 6.95. The number of halogens is 1. The van der Waals surface area contributed by atoms with Crippen molar-refractivity contribution in [3.8, 4) is 0 Å². The van der Waals surface area contributed by atoms with E-state index >= 15 is 0 Å². The molecule has 4 heteroatoms. The molecule has 3 nitrogen and oxygen atoms in total. The van der Waals surface area contributed by atoms with Crippen LogP contribution in [0.4, 0.5) is 10.1 Å². The summed E-state index contributed by atoms with van der Waals surface area (Å²) in [5.41, 5.74) is 4.18. The van der Waals surface area contributed by atoms with Gasteiger partial charge in [-0.3, -0.25) is 9.59 Å². The van der Waals surface area contributed by atoms with Crippen LogP contribution in [0.25, 0.3) is 0 Å². The molecule has 0 radical (unpaired) electrons. The molecule has 0 unspecified atom stereocenters. The van der Waals surface area contributed by atoms with Gasteiger partial charge in [-0.2, -0.15) is 0 Å². The van der Waals surface area contributed by atoms with Crippen molar-refractivity contribution in [2.45, 2.75) is 39.0 Å². The molecule has 0 aromatic heterocycles. The Kier molecular flexibility index (Phi) is 4.74. The Morgan fingerprint density at radius 2 is 1.83 bits per heavy atom. The van der Waals surface area contributed by atoms with Gasteiger partial charge in [-0.25, -0.2) is 4.39 Å². The smallest absolute Gasteiger partial charge is 0.224 e. The van der Waals surface area contributed by atoms with E-state index in [9.17, 15) is 14.0 Å². The minimum Gasteiger partial charge on any atom is -0.326 e. The highest BCUT2D eigenvalue weighted by molar-refractivity contribution is 6.00. The van der Waals surface area contributed by atoms with E-state index in [1.807, 2.05) is 18.2 Å². The summed E-state index contributed by atoms with van der Waals surface area (Å²) in [7, 11) is 0. The summed E-state index contributed by atoms with van der Waals surface area (Å²) >= 11 is 0. The number of Topliss-reactive ketones (excluding diaryl/α,β-unsaturated/α-hetero) is 1. The quantitative estimate of drug-likeness (QED) is 0.837. The summed E-state index contributed by atoms with van der Waals surface area (Å²) in [4.78, 5) is 24.2. The first-order valence-corrected chi connectivity index (χ1v) is 8.24. The predicted molar refractivity (Wildman–Crippen MR) is 91.8 cm³/mol. The number of rotatable bonds is 5. The third-order valence-corrected chi connectivity index (χ3v) is 4.46. The molecule has 0 saturated carbocycles. The number of hydrogen-bond donors (Lipinski definition) is 1. The van der Waals surface area contributed by atoms with E-state index in [2.05, 4.69) is 5.32 Å². The molecule has 0 fully saturated rings. The van der Waals surface area contributed by atoms with Crippen molar-refractivity contribution in [1.82, 2.24) is 0 Å². The average molecular weight is 325 g/mol. The molecule has 0 saturated heterocycles. The van der Waals surface area contributed by atoms with Crippen molar-refractivity contribution >= 4 is 17.4 Å². The van der Waals surface area contributed by atoms with E-state index in [4.69, 9.17) is 0 Å². The van der Waals surface area contributed by atoms with Gasteiger partial charge < -0.3 is 5.32 Å². The van der Waals surface area contributed by atoms with Crippen LogP contribution < -0.4 is 5.32 Å². The van der Waals surface area contributed by atoms with E-state index in [0.717, 1.165) is 19.3 Å². The lowest BCUT2D eigenvalue weighted by molar-refractivity contribution is -0.116. The molecule has 124 valence electrons. The van der Waals surface area contributed by atoms with Crippen LogP contribution in [-0.4, -0.2) is 11.7 Å². The lowest BCUT2D eigenvalue weighted by Crippen LogP contribution is -2.13. The van der Waals surface area contributed by atoms with Gasteiger partial charge in [0.15, 0.2) is 5.78 Å². The van der Waals surface area contributed by atoms with Crippen LogP contribution in [0, 0.1) is 12.7 Å². The fourth-order valence-electron chi connectivity index (χ4n) is 3.01. The molecule has 2 aromatic rings. The zero-order chi connectivity index (χ0) is 17.1. The van der Waals surface area contributed by atoms with E-state index in [0.29, 0.717) is 16.8 Å². The largest absolute Gasteiger partial charge is 0.326 e. The topological polar surface area (TPSA) is 46.2 Å². The first kappa shape index (κ1) is 16.4. The second-order valence-electron chi connectivity index (χ2n) is 6.27. The van der Waals surface area contributed by atoms with Crippen LogP contribution >= 0.6 is 0 Å². The molecule has 0 spiro atoms. The molecule has 3 rings (SSSR count). The Bertz CT molecular complexity index is 798. The first-order valence-electron chi connectivity index (χ1n) is 8.24. The highest BCUT2D eigenvalue weighted by atomic mass is 19.1. The predicted octanol–water partition coefficient (Wildman–Crippen LogP) is 4.22. The number of amides is 1. The minimum absolute atomic E-state index is 0.0325. The second-order valence-corrected chi connectivity index (χ2v) is 6.27. The van der Waals surface area contributed by atoms with Crippen molar-refractivity contribution in [1.29, 1.82) is 0 Å². The van der Waals surface area contributed by atoms with Gasteiger partial charge in [0.25, 0.3) is 0 Å². The number of nitrogens with one attached hydrogen (secondary N) is 1. The number of anilines is 1. The van der Waals surface area contributed by atoms with Gasteiger partial charge in [-0.1, -0.05) is 18.2 Å². The van der Waals surface area contributed by atoms with Crippen molar-refractivity contribution < 1.29 is 14.0 Å². The average Bonchev–Trinajstić information content (AvgIpc) is 3.03. The molecule has 1 amide bonds. The van der Waals surface area contributed by atoms with Gasteiger partial charge >= 0.3 is 0 Å². The van der Waals surface area contributed by atoms with E-state index in [1.165, 1.54) is 17.2 Å². The summed E-state index contributed by atoms with van der Waals surface area (Å²) < 4.78 is 13.5. The summed E-state index contributed by atoms with van der Waals surface area (Å²) in [6, 6.07) is 10.4. The van der Waals surface area contributed by atoms with Crippen LogP contribution in [0.5, 0.6) is 0 Å². The molecule has 1 N–H and O–H groups in total. The fourth-order valence-corrected chi connectivity index (χ4v) is 3.01. The molecule has 2 aromatic carbocycles. The Hall–Kier alpha value is -2.49. The Morgan fingerprint density at radius 3 is 2.62 bits per heavy atom. The standard InChI is InChI=1S/C20H20FNO2/c1-13-5-8-17(12-18(13)21)22-20(24)10-9-19(23)16-7-6-14-3-2-4-15(14)11-16/h5-8,11-12H,2-4,9-10H2,1H3,(H,22,24). The lowest BCUT2D eigenvalue weighted by atomic mass is 10.0. The maximum absolute atomic E-state index is 13.5. The number of carbonyl (C=O) groups excluding carboxylic acids is 2. The number of aryl methyl sites for hydroxylation is 3. The molecule has 1 aliphatic rings. The monoisotopic (exact) mass is 325 g/mol. The summed E-state index contributed by atoms with van der Waals surface area (Å²) in [5, 5.41) is 2.63. The Balaban J connectivity index is 1.55. The minimum atomic E-state index is -0.359. The van der Waals surface area contributed by atoms with Crippen molar-refractivity contribution in [2.24, 2.45) is 0 Å². The third-order valence-electron chi connectivity index (χ3n) is 4.46. The maximum atomic E-state index is 13.5. The van der Waals surface area contributed by atoms with Crippen LogP contribution in [0.2, 0.25) is 0 Å². The fraction of sp³-hybridized carbons (Fsp3) is 0.300. The van der Waals surface area contributed by atoms with Gasteiger partial charge in [-0.05, 0) is 61.1 Å². The highest BCUT2D eigenvalue weighted by Crippen LogP contribution is 2.23. The van der Waals surface area contributed by atoms with Crippen molar-refractivity contribution in [2.75, 3.05) is 5.32 Å². The Labute approximate surface area is 140 Å². The SMILES string of the molecule is Cc1ccc(NC(=O)CCC(=O)c2ccc3c(c2)CCC3)cc1F. The molecule has 0 heterocycles. The van der Waals surface area contributed by atoms with Crippen LogP contribution in [-0.2, 0) is 17.6 Å². The van der Waals surface area contributed by atoms with Crippen molar-refractivity contribution in [3.63, 3.8) is 0 Å². The number of ketones is 1. The maximum Gasteiger partial charge on any atom is 0.224 e. The van der Waals surface area contributed by atoms with Gasteiger partial charge in [0.05, 0.1) is 0 Å². The van der Waals surface area contributed by atoms with E-state index in [1.54, 1.807) is 19.1 Å². The zero-order valence-electron chi connectivity index (χ0n) is 13.7. The van der Waals surface area contributed by atoms with Crippen molar-refractivity contribution in [3.05, 3.63) is 64.5 Å². The van der Waals surface area contributed by atoms with Crippen LogP contribution in [0.3, 0.4) is 0 Å². The molecular weight excluding hydrogens is 305 g/mol. The molecule has 24 heavy (non-hydrogen) atoms. The van der Waals surface area contributed by atoms with E-state index in [-0.39, 0.29) is 30.3 Å². The molecule has 0 aliphatic heterocycles. The van der Waals surface area contributed by atoms with Crippen LogP contribution in [0.15, 0.2) is 36.4 Å². The Morgan fingerprint density at radius 1 is 1.04 bits per heavy atom. The van der Waals surface area contributed by atoms with Gasteiger partial charge in [0.1, 0.15) is 5.82 Å². The van der Waals surface area contributed by atoms with E-state index < -0.39 is 0 Å². The number of hydrogen-bond acceptors (Lipinski definition) is 2. The highest BCUT2D eigenvalue weighted by Gasteiger charge is 2.15. The van der Waals surface area contributed by atoms with Gasteiger partial charge in [0, 0.05) is 24.1 Å². The number of carbonyl (C=O) groups is 2. The molecule has 0 bridgehead atoms. The summed E-state index contributed by atoms with van der Waals surface area (Å²) in [6.07, 6.45) is 3.49. The zero-order valence-corrected chi connectivity index (χ0v) is 13.7. The van der Waals surface area contributed by atoms with Gasteiger partial charge in [0.2, 0.25) is 5.91 Å².